The van der Waals surface area contributed by atoms with Gasteiger partial charge in [-0.15, -0.1) is 0 Å². The van der Waals surface area contributed by atoms with Gasteiger partial charge in [0.05, 0.1) is 19.0 Å². The maximum atomic E-state index is 11.3. The summed E-state index contributed by atoms with van der Waals surface area (Å²) in [5.41, 5.74) is 2.22. The fourth-order valence-electron chi connectivity index (χ4n) is 3.27. The van der Waals surface area contributed by atoms with E-state index in [1.54, 1.807) is 18.8 Å². The second kappa shape index (κ2) is 9.77. The van der Waals surface area contributed by atoms with Crippen molar-refractivity contribution < 1.29 is 13.7 Å². The Morgan fingerprint density at radius 1 is 1.21 bits per heavy atom. The van der Waals surface area contributed by atoms with Crippen LogP contribution in [0.3, 0.4) is 0 Å². The van der Waals surface area contributed by atoms with Gasteiger partial charge in [-0.05, 0) is 17.7 Å². The van der Waals surface area contributed by atoms with E-state index < -0.39 is 11.1 Å². The van der Waals surface area contributed by atoms with Gasteiger partial charge in [-0.2, -0.15) is 11.8 Å². The highest BCUT2D eigenvalue weighted by Gasteiger charge is 2.14. The summed E-state index contributed by atoms with van der Waals surface area (Å²) in [6, 6.07) is 8.59. The quantitative estimate of drug-likeness (QED) is 0.388. The summed E-state index contributed by atoms with van der Waals surface area (Å²) in [5, 5.41) is 7.20. The van der Waals surface area contributed by atoms with Crippen molar-refractivity contribution >= 4 is 45.5 Å². The molecule has 1 saturated heterocycles. The van der Waals surface area contributed by atoms with Crippen LogP contribution in [0.15, 0.2) is 28.7 Å². The molecule has 10 heteroatoms. The van der Waals surface area contributed by atoms with Gasteiger partial charge in [0.15, 0.2) is 11.1 Å². The van der Waals surface area contributed by atoms with Gasteiger partial charge in [-0.3, -0.25) is 4.90 Å². The lowest BCUT2D eigenvalue weighted by Crippen LogP contribution is -2.35. The molecule has 1 aliphatic rings. The number of thioether (sulfide) groups is 1. The number of fused-ring (bicyclic) bond motifs is 1. The summed E-state index contributed by atoms with van der Waals surface area (Å²) in [5.74, 6) is 3.76. The molecule has 156 valence electrons. The first-order chi connectivity index (χ1) is 14.2. The Labute approximate surface area is 177 Å². The molecule has 3 aromatic rings. The Morgan fingerprint density at radius 3 is 2.86 bits per heavy atom. The molecule has 2 aromatic heterocycles. The third kappa shape index (κ3) is 5.40. The summed E-state index contributed by atoms with van der Waals surface area (Å²) in [7, 11) is 1.74. The van der Waals surface area contributed by atoms with Crippen molar-refractivity contribution in [2.24, 2.45) is 0 Å². The number of nitrogens with one attached hydrogen (secondary N) is 2. The zero-order valence-corrected chi connectivity index (χ0v) is 18.0. The molecule has 3 heterocycles. The molecule has 0 aliphatic carbocycles. The van der Waals surface area contributed by atoms with Crippen LogP contribution in [0.5, 0.6) is 0 Å². The Hall–Kier alpha value is -1.85. The summed E-state index contributed by atoms with van der Waals surface area (Å²) >= 11 is 0.264. The normalized spacial score (nSPS) is 15.7. The molecule has 0 radical (unpaired) electrons. The maximum Gasteiger partial charge on any atom is 0.232 e. The third-order valence-corrected chi connectivity index (χ3v) is 6.39. The molecule has 1 aromatic carbocycles. The zero-order valence-electron chi connectivity index (χ0n) is 16.3. The predicted molar refractivity (Wildman–Crippen MR) is 117 cm³/mol. The van der Waals surface area contributed by atoms with E-state index in [0.29, 0.717) is 18.2 Å². The molecule has 0 bridgehead atoms. The number of anilines is 2. The van der Waals surface area contributed by atoms with Crippen LogP contribution in [-0.2, 0) is 17.0 Å². The molecule has 8 nitrogen and oxygen atoms in total. The zero-order chi connectivity index (χ0) is 20.1. The molecule has 1 unspecified atom stereocenters. The molecule has 4 rings (SSSR count). The number of morpholine rings is 1. The van der Waals surface area contributed by atoms with E-state index in [-0.39, 0.29) is 0 Å². The van der Waals surface area contributed by atoms with E-state index in [2.05, 4.69) is 48.5 Å². The second-order valence-electron chi connectivity index (χ2n) is 6.81. The number of hydrogen-bond donors (Lipinski definition) is 2. The monoisotopic (exact) mass is 435 g/mol. The fraction of sp³-hybridized carbons (Fsp3) is 0.474. The van der Waals surface area contributed by atoms with Crippen LogP contribution in [0.1, 0.15) is 11.3 Å². The summed E-state index contributed by atoms with van der Waals surface area (Å²) in [6.45, 7) is 5.24. The third-order valence-electron chi connectivity index (χ3n) is 4.73. The number of aromatic nitrogens is 2. The molecule has 0 amide bonds. The molecule has 0 spiro atoms. The van der Waals surface area contributed by atoms with Crippen LogP contribution in [0.2, 0.25) is 0 Å². The average molecular weight is 436 g/mol. The molecular formula is C19H25N5O3S2. The lowest BCUT2D eigenvalue weighted by Gasteiger charge is -2.26. The predicted octanol–water partition coefficient (Wildman–Crippen LogP) is 3.17. The van der Waals surface area contributed by atoms with Crippen LogP contribution in [0.4, 0.5) is 11.6 Å². The van der Waals surface area contributed by atoms with Gasteiger partial charge in [-0.25, -0.2) is 0 Å². The Morgan fingerprint density at radius 2 is 2.03 bits per heavy atom. The number of hydrogen-bond acceptors (Lipinski definition) is 9. The van der Waals surface area contributed by atoms with Crippen molar-refractivity contribution in [3.8, 4) is 0 Å². The van der Waals surface area contributed by atoms with Gasteiger partial charge in [0, 0.05) is 53.1 Å². The summed E-state index contributed by atoms with van der Waals surface area (Å²) in [4.78, 5) is 2.41. The van der Waals surface area contributed by atoms with Gasteiger partial charge >= 0.3 is 0 Å². The molecule has 1 fully saturated rings. The van der Waals surface area contributed by atoms with Crippen molar-refractivity contribution in [2.75, 3.05) is 56.3 Å². The second-order valence-corrected chi connectivity index (χ2v) is 8.75. The minimum atomic E-state index is -1.51. The first-order valence-electron chi connectivity index (χ1n) is 9.62. The van der Waals surface area contributed by atoms with E-state index >= 15 is 0 Å². The number of ether oxygens (including phenoxy) is 1. The van der Waals surface area contributed by atoms with E-state index in [1.807, 2.05) is 0 Å². The number of nitrogens with zero attached hydrogens (tertiary/aromatic N) is 3. The topological polar surface area (TPSA) is 98.5 Å². The smallest absolute Gasteiger partial charge is 0.232 e. The fourth-order valence-corrected chi connectivity index (χ4v) is 4.69. The Kier molecular flexibility index (Phi) is 6.88. The molecule has 1 aliphatic heterocycles. The molecular weight excluding hydrogens is 410 g/mol. The first-order valence-corrected chi connectivity index (χ1v) is 11.8. The van der Waals surface area contributed by atoms with E-state index in [4.69, 9.17) is 9.15 Å². The summed E-state index contributed by atoms with van der Waals surface area (Å²) in [6.07, 6.45) is 0. The largest absolute Gasteiger partial charge is 0.546 e. The van der Waals surface area contributed by atoms with Crippen LogP contribution in [0.25, 0.3) is 11.0 Å². The van der Waals surface area contributed by atoms with E-state index in [1.165, 1.54) is 5.56 Å². The average Bonchev–Trinajstić information content (AvgIpc) is 3.30. The van der Waals surface area contributed by atoms with Gasteiger partial charge in [0.2, 0.25) is 11.6 Å². The van der Waals surface area contributed by atoms with Crippen molar-refractivity contribution in [1.29, 1.82) is 0 Å². The highest BCUT2D eigenvalue weighted by Crippen LogP contribution is 2.25. The maximum absolute atomic E-state index is 11.3. The van der Waals surface area contributed by atoms with Crippen molar-refractivity contribution in [1.82, 2.24) is 13.6 Å². The van der Waals surface area contributed by atoms with Crippen LogP contribution in [-0.4, -0.2) is 63.8 Å². The van der Waals surface area contributed by atoms with Crippen LogP contribution < -0.4 is 10.6 Å². The van der Waals surface area contributed by atoms with Crippen molar-refractivity contribution in [3.05, 3.63) is 35.6 Å². The van der Waals surface area contributed by atoms with E-state index in [0.717, 1.165) is 61.1 Å². The van der Waals surface area contributed by atoms with E-state index in [9.17, 15) is 4.55 Å². The minimum absolute atomic E-state index is 0.540. The van der Waals surface area contributed by atoms with Crippen LogP contribution >= 0.6 is 22.9 Å². The number of furan rings is 1. The highest BCUT2D eigenvalue weighted by atomic mass is 32.2. The van der Waals surface area contributed by atoms with Crippen LogP contribution in [0, 0.1) is 0 Å². The lowest BCUT2D eigenvalue weighted by molar-refractivity contribution is 0.0342. The molecule has 1 atom stereocenters. The first kappa shape index (κ1) is 20.4. The standard InChI is InChI=1S/C19H25N5O3S2/c1-20-18-19(23-29(25)22-18)21-4-9-28-13-16-11-15-3-2-14(10-17(15)27-16)12-24-5-7-26-8-6-24/h2-3,10-11H,4-9,12-13H2,1H3,(H,20,22)(H,21,23). The molecule has 2 N–H and O–H groups in total. The van der Waals surface area contributed by atoms with Crippen molar-refractivity contribution in [3.63, 3.8) is 0 Å². The minimum Gasteiger partial charge on any atom is -0.546 e. The molecule has 0 saturated carbocycles. The van der Waals surface area contributed by atoms with Gasteiger partial charge in [0.1, 0.15) is 11.3 Å². The molecule has 29 heavy (non-hydrogen) atoms. The Bertz CT molecular complexity index is 939. The number of rotatable bonds is 9. The summed E-state index contributed by atoms with van der Waals surface area (Å²) < 4.78 is 30.6. The Balaban J connectivity index is 1.26. The van der Waals surface area contributed by atoms with Gasteiger partial charge in [-0.1, -0.05) is 12.1 Å². The SMILES string of the molecule is CNc1n[s+]([O-])nc1NCCSCc1cc2ccc(CN3CCOCC3)cc2o1. The lowest BCUT2D eigenvalue weighted by atomic mass is 10.1. The number of benzene rings is 1. The van der Waals surface area contributed by atoms with Crippen molar-refractivity contribution in [2.45, 2.75) is 12.3 Å². The van der Waals surface area contributed by atoms with Gasteiger partial charge < -0.3 is 24.3 Å². The highest BCUT2D eigenvalue weighted by molar-refractivity contribution is 7.98. The van der Waals surface area contributed by atoms with Gasteiger partial charge in [0.25, 0.3) is 0 Å².